The fourth-order valence-electron chi connectivity index (χ4n) is 4.84. The fourth-order valence-corrected chi connectivity index (χ4v) is 4.84. The summed E-state index contributed by atoms with van der Waals surface area (Å²) in [7, 11) is 0. The maximum atomic E-state index is 13.7. The van der Waals surface area contributed by atoms with Crippen molar-refractivity contribution >= 4 is 16.8 Å². The lowest BCUT2D eigenvalue weighted by Crippen LogP contribution is -2.23. The minimum Gasteiger partial charge on any atom is -0.494 e. The van der Waals surface area contributed by atoms with Crippen molar-refractivity contribution in [3.05, 3.63) is 133 Å². The van der Waals surface area contributed by atoms with E-state index in [-0.39, 0.29) is 5.91 Å². The van der Waals surface area contributed by atoms with E-state index in [9.17, 15) is 4.79 Å². The molecule has 6 nitrogen and oxygen atoms in total. The Labute approximate surface area is 239 Å². The minimum absolute atomic E-state index is 0.167. The summed E-state index contributed by atoms with van der Waals surface area (Å²) in [6.07, 6.45) is 2.91. The number of amides is 1. The molecule has 41 heavy (non-hydrogen) atoms. The van der Waals surface area contributed by atoms with Crippen LogP contribution in [0.3, 0.4) is 0 Å². The smallest absolute Gasteiger partial charge is 0.252 e. The van der Waals surface area contributed by atoms with Crippen molar-refractivity contribution in [3.63, 3.8) is 0 Å². The predicted molar refractivity (Wildman–Crippen MR) is 163 cm³/mol. The molecule has 2 aromatic heterocycles. The van der Waals surface area contributed by atoms with Gasteiger partial charge in [0, 0.05) is 34.8 Å². The molecule has 6 heteroatoms. The zero-order valence-corrected chi connectivity index (χ0v) is 22.8. The van der Waals surface area contributed by atoms with Crippen LogP contribution in [-0.4, -0.2) is 27.3 Å². The van der Waals surface area contributed by atoms with Crippen molar-refractivity contribution < 1.29 is 9.53 Å². The first-order valence-corrected chi connectivity index (χ1v) is 13.8. The van der Waals surface area contributed by atoms with Gasteiger partial charge >= 0.3 is 0 Å². The third-order valence-electron chi connectivity index (χ3n) is 6.86. The second-order valence-corrected chi connectivity index (χ2v) is 9.78. The van der Waals surface area contributed by atoms with Gasteiger partial charge in [-0.2, -0.15) is 5.10 Å². The lowest BCUT2D eigenvalue weighted by atomic mass is 10.0. The van der Waals surface area contributed by atoms with Crippen molar-refractivity contribution in [3.8, 4) is 34.0 Å². The first-order chi connectivity index (χ1) is 20.2. The van der Waals surface area contributed by atoms with Crippen molar-refractivity contribution in [2.75, 3.05) is 6.61 Å². The molecule has 0 aliphatic carbocycles. The van der Waals surface area contributed by atoms with Crippen LogP contribution >= 0.6 is 0 Å². The molecular formula is C35H30N4O2. The van der Waals surface area contributed by atoms with Crippen LogP contribution in [0.4, 0.5) is 0 Å². The molecule has 2 heterocycles. The van der Waals surface area contributed by atoms with Gasteiger partial charge in [-0.3, -0.25) is 4.79 Å². The minimum atomic E-state index is -0.167. The Morgan fingerprint density at radius 1 is 0.829 bits per heavy atom. The first kappa shape index (κ1) is 26.0. The quantitative estimate of drug-likeness (QED) is 0.207. The van der Waals surface area contributed by atoms with Gasteiger partial charge in [-0.05, 0) is 42.8 Å². The normalized spacial score (nSPS) is 11.0. The van der Waals surface area contributed by atoms with E-state index in [0.717, 1.165) is 56.8 Å². The Bertz CT molecular complexity index is 1800. The largest absolute Gasteiger partial charge is 0.494 e. The van der Waals surface area contributed by atoms with Crippen LogP contribution in [0.25, 0.3) is 39.1 Å². The van der Waals surface area contributed by atoms with E-state index >= 15 is 0 Å². The molecule has 0 atom stereocenters. The summed E-state index contributed by atoms with van der Waals surface area (Å²) in [6, 6.07) is 37.4. The predicted octanol–water partition coefficient (Wildman–Crippen LogP) is 7.47. The number of para-hydroxylation sites is 2. The molecule has 0 aliphatic rings. The van der Waals surface area contributed by atoms with Crippen molar-refractivity contribution in [2.24, 2.45) is 0 Å². The number of carbonyl (C=O) groups is 1. The number of hydrogen-bond acceptors (Lipinski definition) is 4. The van der Waals surface area contributed by atoms with Crippen LogP contribution < -0.4 is 10.1 Å². The summed E-state index contributed by atoms with van der Waals surface area (Å²) in [5, 5.41) is 8.90. The number of ether oxygens (including phenoxy) is 1. The molecule has 0 spiro atoms. The molecule has 0 bridgehead atoms. The van der Waals surface area contributed by atoms with Gasteiger partial charge in [0.25, 0.3) is 5.91 Å². The van der Waals surface area contributed by atoms with E-state index in [1.165, 1.54) is 0 Å². The van der Waals surface area contributed by atoms with Crippen LogP contribution in [0.5, 0.6) is 5.75 Å². The molecule has 0 radical (unpaired) electrons. The molecule has 1 N–H and O–H groups in total. The van der Waals surface area contributed by atoms with Crippen LogP contribution in [0.15, 0.2) is 121 Å². The number of benzene rings is 4. The van der Waals surface area contributed by atoms with Gasteiger partial charge in [-0.25, -0.2) is 9.67 Å². The van der Waals surface area contributed by atoms with Gasteiger partial charge in [0.2, 0.25) is 0 Å². The Morgan fingerprint density at radius 3 is 2.37 bits per heavy atom. The third kappa shape index (κ3) is 5.72. The number of fused-ring (bicyclic) bond motifs is 1. The highest BCUT2D eigenvalue weighted by Gasteiger charge is 2.17. The van der Waals surface area contributed by atoms with E-state index in [4.69, 9.17) is 14.8 Å². The van der Waals surface area contributed by atoms with Crippen molar-refractivity contribution in [1.82, 2.24) is 20.1 Å². The number of hydrogen-bond donors (Lipinski definition) is 1. The molecule has 0 unspecified atom stereocenters. The molecular weight excluding hydrogens is 508 g/mol. The number of rotatable bonds is 9. The summed E-state index contributed by atoms with van der Waals surface area (Å²) in [5.41, 5.74) is 6.65. The highest BCUT2D eigenvalue weighted by atomic mass is 16.5. The SMILES string of the molecule is CCCOc1cccc(-c2nn(-c3ccccc3)cc2CNC(=O)c2cc(-c3ccccc3)nc3ccccc23)c1. The monoisotopic (exact) mass is 538 g/mol. The molecule has 202 valence electrons. The lowest BCUT2D eigenvalue weighted by molar-refractivity contribution is 0.0952. The molecule has 0 saturated heterocycles. The topological polar surface area (TPSA) is 69.0 Å². The Morgan fingerprint density at radius 2 is 1.56 bits per heavy atom. The molecule has 1 amide bonds. The molecule has 0 fully saturated rings. The average molecular weight is 539 g/mol. The number of pyridine rings is 1. The van der Waals surface area contributed by atoms with E-state index < -0.39 is 0 Å². The summed E-state index contributed by atoms with van der Waals surface area (Å²) >= 11 is 0. The molecule has 6 rings (SSSR count). The molecule has 4 aromatic carbocycles. The van der Waals surface area contributed by atoms with Crippen LogP contribution in [0.2, 0.25) is 0 Å². The summed E-state index contributed by atoms with van der Waals surface area (Å²) in [4.78, 5) is 18.5. The van der Waals surface area contributed by atoms with Gasteiger partial charge < -0.3 is 10.1 Å². The van der Waals surface area contributed by atoms with E-state index in [0.29, 0.717) is 18.7 Å². The molecule has 0 aliphatic heterocycles. The van der Waals surface area contributed by atoms with E-state index in [1.54, 1.807) is 0 Å². The highest BCUT2D eigenvalue weighted by Crippen LogP contribution is 2.28. The molecule has 0 saturated carbocycles. The van der Waals surface area contributed by atoms with Gasteiger partial charge in [0.05, 0.1) is 34.8 Å². The van der Waals surface area contributed by atoms with Crippen LogP contribution in [0.1, 0.15) is 29.3 Å². The Kier molecular flexibility index (Phi) is 7.54. The van der Waals surface area contributed by atoms with Gasteiger partial charge in [0.15, 0.2) is 0 Å². The fraction of sp³-hybridized carbons (Fsp3) is 0.114. The number of nitrogens with one attached hydrogen (secondary N) is 1. The molecule has 6 aromatic rings. The highest BCUT2D eigenvalue weighted by molar-refractivity contribution is 6.07. The average Bonchev–Trinajstić information content (AvgIpc) is 3.47. The number of carbonyl (C=O) groups excluding carboxylic acids is 1. The second kappa shape index (κ2) is 11.9. The van der Waals surface area contributed by atoms with Crippen molar-refractivity contribution in [2.45, 2.75) is 19.9 Å². The van der Waals surface area contributed by atoms with Gasteiger partial charge in [0.1, 0.15) is 5.75 Å². The Hall–Kier alpha value is -5.23. The number of nitrogens with zero attached hydrogens (tertiary/aromatic N) is 3. The van der Waals surface area contributed by atoms with E-state index in [2.05, 4.69) is 12.2 Å². The maximum absolute atomic E-state index is 13.7. The summed E-state index contributed by atoms with van der Waals surface area (Å²) < 4.78 is 7.74. The zero-order valence-electron chi connectivity index (χ0n) is 22.8. The maximum Gasteiger partial charge on any atom is 0.252 e. The lowest BCUT2D eigenvalue weighted by Gasteiger charge is -2.11. The summed E-state index contributed by atoms with van der Waals surface area (Å²) in [6.45, 7) is 3.04. The Balaban J connectivity index is 1.34. The van der Waals surface area contributed by atoms with Crippen molar-refractivity contribution in [1.29, 1.82) is 0 Å². The van der Waals surface area contributed by atoms with Crippen LogP contribution in [-0.2, 0) is 6.54 Å². The van der Waals surface area contributed by atoms with Crippen LogP contribution in [0, 0.1) is 0 Å². The third-order valence-corrected chi connectivity index (χ3v) is 6.86. The zero-order chi connectivity index (χ0) is 28.0. The van der Waals surface area contributed by atoms with E-state index in [1.807, 2.05) is 126 Å². The second-order valence-electron chi connectivity index (χ2n) is 9.78. The van der Waals surface area contributed by atoms with Gasteiger partial charge in [-0.1, -0.05) is 85.8 Å². The first-order valence-electron chi connectivity index (χ1n) is 13.8. The standard InChI is InChI=1S/C35H30N4O2/c1-2-20-41-29-17-11-14-26(21-29)34-27(24-39(38-34)28-15-7-4-8-16-28)23-36-35(40)31-22-33(25-12-5-3-6-13-25)37-32-19-10-9-18-30(31)32/h3-19,21-22,24H,2,20,23H2,1H3,(H,36,40). The number of aromatic nitrogens is 3. The summed E-state index contributed by atoms with van der Waals surface area (Å²) in [5.74, 6) is 0.629. The van der Waals surface area contributed by atoms with Gasteiger partial charge in [-0.15, -0.1) is 0 Å².